The van der Waals surface area contributed by atoms with Crippen LogP contribution in [0.25, 0.3) is 0 Å². The summed E-state index contributed by atoms with van der Waals surface area (Å²) in [6, 6.07) is 4.17. The zero-order valence-corrected chi connectivity index (χ0v) is 13.3. The second-order valence-electron chi connectivity index (χ2n) is 5.21. The number of sulfonamides is 1. The third-order valence-corrected chi connectivity index (χ3v) is 4.93. The van der Waals surface area contributed by atoms with E-state index < -0.39 is 15.8 Å². The number of amides is 1. The molecule has 1 saturated heterocycles. The lowest BCUT2D eigenvalue weighted by Crippen LogP contribution is -2.55. The van der Waals surface area contributed by atoms with Crippen molar-refractivity contribution in [1.29, 1.82) is 0 Å². The molecule has 0 atom stereocenters. The van der Waals surface area contributed by atoms with E-state index in [1.807, 2.05) is 0 Å². The zero-order valence-electron chi connectivity index (χ0n) is 11.7. The Balaban J connectivity index is 1.97. The van der Waals surface area contributed by atoms with Crippen LogP contribution < -0.4 is 0 Å². The van der Waals surface area contributed by atoms with Gasteiger partial charge in [0.15, 0.2) is 0 Å². The third-order valence-electron chi connectivity index (χ3n) is 3.46. The molecule has 0 unspecified atom stereocenters. The van der Waals surface area contributed by atoms with Gasteiger partial charge in [-0.15, -0.1) is 0 Å². The van der Waals surface area contributed by atoms with Gasteiger partial charge in [-0.1, -0.05) is 11.6 Å². The summed E-state index contributed by atoms with van der Waals surface area (Å²) in [5.74, 6) is -0.994. The molecule has 0 saturated carbocycles. The Morgan fingerprint density at radius 3 is 2.67 bits per heavy atom. The van der Waals surface area contributed by atoms with Crippen molar-refractivity contribution in [3.8, 4) is 0 Å². The predicted octanol–water partition coefficient (Wildman–Crippen LogP) is 1.33. The smallest absolute Gasteiger partial charge is 0.228 e. The Bertz CT molecular complexity index is 659. The lowest BCUT2D eigenvalue weighted by Gasteiger charge is -2.38. The summed E-state index contributed by atoms with van der Waals surface area (Å²) in [6.07, 6.45) is 1.11. The van der Waals surface area contributed by atoms with E-state index in [2.05, 4.69) is 0 Å². The van der Waals surface area contributed by atoms with Crippen molar-refractivity contribution in [2.24, 2.45) is 5.92 Å². The molecule has 1 amide bonds. The standard InChI is InChI=1S/C13H16ClFN2O3S/c1-16(6-9-5-11(14)3-4-12(9)15)13(18)10-7-17(8-10)21(2,19)20/h3-5,10H,6-8H2,1-2H3. The van der Waals surface area contributed by atoms with Gasteiger partial charge in [0.2, 0.25) is 15.9 Å². The molecule has 0 radical (unpaired) electrons. The van der Waals surface area contributed by atoms with Crippen LogP contribution in [0.15, 0.2) is 18.2 Å². The van der Waals surface area contributed by atoms with Crippen molar-refractivity contribution in [1.82, 2.24) is 9.21 Å². The minimum Gasteiger partial charge on any atom is -0.341 e. The van der Waals surface area contributed by atoms with Crippen LogP contribution in [-0.2, 0) is 21.4 Å². The number of rotatable bonds is 4. The zero-order chi connectivity index (χ0) is 15.8. The molecule has 21 heavy (non-hydrogen) atoms. The molecule has 0 N–H and O–H groups in total. The first kappa shape index (κ1) is 16.2. The van der Waals surface area contributed by atoms with Gasteiger partial charge in [0.05, 0.1) is 12.2 Å². The number of hydrogen-bond donors (Lipinski definition) is 0. The van der Waals surface area contributed by atoms with E-state index in [-0.39, 0.29) is 31.5 Å². The molecule has 8 heteroatoms. The van der Waals surface area contributed by atoms with Crippen LogP contribution in [-0.4, -0.2) is 49.9 Å². The maximum Gasteiger partial charge on any atom is 0.228 e. The molecular formula is C13H16ClFN2O3S. The molecule has 1 heterocycles. The fraction of sp³-hybridized carbons (Fsp3) is 0.462. The molecule has 0 aliphatic carbocycles. The van der Waals surface area contributed by atoms with Crippen molar-refractivity contribution >= 4 is 27.5 Å². The molecule has 0 aromatic heterocycles. The van der Waals surface area contributed by atoms with E-state index in [1.165, 1.54) is 27.4 Å². The van der Waals surface area contributed by atoms with Crippen LogP contribution in [0.5, 0.6) is 0 Å². The Morgan fingerprint density at radius 1 is 1.48 bits per heavy atom. The monoisotopic (exact) mass is 334 g/mol. The lowest BCUT2D eigenvalue weighted by molar-refractivity contribution is -0.138. The number of nitrogens with zero attached hydrogens (tertiary/aromatic N) is 2. The maximum absolute atomic E-state index is 13.6. The average Bonchev–Trinajstić information content (AvgIpc) is 2.29. The predicted molar refractivity (Wildman–Crippen MR) is 77.8 cm³/mol. The summed E-state index contributed by atoms with van der Waals surface area (Å²) >= 11 is 5.81. The minimum atomic E-state index is -3.24. The highest BCUT2D eigenvalue weighted by atomic mass is 35.5. The van der Waals surface area contributed by atoms with Crippen molar-refractivity contribution < 1.29 is 17.6 Å². The fourth-order valence-electron chi connectivity index (χ4n) is 2.17. The Labute approximate surface area is 128 Å². The maximum atomic E-state index is 13.6. The molecule has 1 aromatic carbocycles. The van der Waals surface area contributed by atoms with Gasteiger partial charge in [-0.05, 0) is 18.2 Å². The van der Waals surface area contributed by atoms with Crippen molar-refractivity contribution in [3.63, 3.8) is 0 Å². The molecule has 1 aliphatic rings. The summed E-state index contributed by atoms with van der Waals surface area (Å²) in [4.78, 5) is 13.5. The lowest BCUT2D eigenvalue weighted by atomic mass is 10.0. The van der Waals surface area contributed by atoms with Gasteiger partial charge in [-0.2, -0.15) is 0 Å². The molecular weight excluding hydrogens is 319 g/mol. The van der Waals surface area contributed by atoms with Crippen LogP contribution in [0.2, 0.25) is 5.02 Å². The second kappa shape index (κ2) is 5.90. The quantitative estimate of drug-likeness (QED) is 0.834. The van der Waals surface area contributed by atoms with Crippen LogP contribution in [0, 0.1) is 11.7 Å². The summed E-state index contributed by atoms with van der Waals surface area (Å²) in [5.41, 5.74) is 0.331. The number of carbonyl (C=O) groups is 1. The van der Waals surface area contributed by atoms with Gasteiger partial charge >= 0.3 is 0 Å². The summed E-state index contributed by atoms with van der Waals surface area (Å²) in [7, 11) is -1.68. The van der Waals surface area contributed by atoms with Crippen LogP contribution in [0.4, 0.5) is 4.39 Å². The number of hydrogen-bond acceptors (Lipinski definition) is 3. The molecule has 5 nitrogen and oxygen atoms in total. The first-order valence-electron chi connectivity index (χ1n) is 6.32. The summed E-state index contributed by atoms with van der Waals surface area (Å²) < 4.78 is 37.4. The summed E-state index contributed by atoms with van der Waals surface area (Å²) in [6.45, 7) is 0.459. The molecule has 2 rings (SSSR count). The molecule has 1 aromatic rings. The van der Waals surface area contributed by atoms with E-state index in [1.54, 1.807) is 7.05 Å². The normalized spacial score (nSPS) is 16.6. The highest BCUT2D eigenvalue weighted by Gasteiger charge is 2.39. The van der Waals surface area contributed by atoms with Crippen LogP contribution >= 0.6 is 11.6 Å². The van der Waals surface area contributed by atoms with Gasteiger partial charge in [-0.3, -0.25) is 4.79 Å². The molecule has 0 spiro atoms. The minimum absolute atomic E-state index is 0.0978. The van der Waals surface area contributed by atoms with E-state index in [9.17, 15) is 17.6 Å². The van der Waals surface area contributed by atoms with Crippen molar-refractivity contribution in [2.75, 3.05) is 26.4 Å². The summed E-state index contributed by atoms with van der Waals surface area (Å²) in [5, 5.41) is 0.402. The SMILES string of the molecule is CN(Cc1cc(Cl)ccc1F)C(=O)C1CN(S(C)(=O)=O)C1. The van der Waals surface area contributed by atoms with Crippen molar-refractivity contribution in [3.05, 3.63) is 34.6 Å². The van der Waals surface area contributed by atoms with Crippen LogP contribution in [0.3, 0.4) is 0 Å². The largest absolute Gasteiger partial charge is 0.341 e. The Hall–Kier alpha value is -1.18. The van der Waals surface area contributed by atoms with Crippen LogP contribution in [0.1, 0.15) is 5.56 Å². The van der Waals surface area contributed by atoms with Gasteiger partial charge in [0, 0.05) is 37.3 Å². The highest BCUT2D eigenvalue weighted by Crippen LogP contribution is 2.22. The number of benzene rings is 1. The average molecular weight is 335 g/mol. The van der Waals surface area contributed by atoms with E-state index in [0.29, 0.717) is 10.6 Å². The topological polar surface area (TPSA) is 57.7 Å². The van der Waals surface area contributed by atoms with Gasteiger partial charge in [0.25, 0.3) is 0 Å². The Kier molecular flexibility index (Phi) is 4.55. The fourth-order valence-corrected chi connectivity index (χ4v) is 3.27. The molecule has 1 fully saturated rings. The van der Waals surface area contributed by atoms with E-state index in [4.69, 9.17) is 11.6 Å². The third kappa shape index (κ3) is 3.72. The van der Waals surface area contributed by atoms with E-state index in [0.717, 1.165) is 6.26 Å². The molecule has 0 bridgehead atoms. The highest BCUT2D eigenvalue weighted by molar-refractivity contribution is 7.88. The second-order valence-corrected chi connectivity index (χ2v) is 7.63. The first-order valence-corrected chi connectivity index (χ1v) is 8.55. The molecule has 1 aliphatic heterocycles. The van der Waals surface area contributed by atoms with Gasteiger partial charge < -0.3 is 4.90 Å². The first-order chi connectivity index (χ1) is 9.68. The molecule has 116 valence electrons. The van der Waals surface area contributed by atoms with Crippen molar-refractivity contribution in [2.45, 2.75) is 6.54 Å². The number of carbonyl (C=O) groups excluding carboxylic acids is 1. The van der Waals surface area contributed by atoms with E-state index >= 15 is 0 Å². The number of halogens is 2. The van der Waals surface area contributed by atoms with Gasteiger partial charge in [0.1, 0.15) is 5.82 Å². The Morgan fingerprint density at radius 2 is 2.10 bits per heavy atom. The van der Waals surface area contributed by atoms with Gasteiger partial charge in [-0.25, -0.2) is 17.1 Å².